The van der Waals surface area contributed by atoms with Crippen LogP contribution in [0, 0.1) is 12.7 Å². The fourth-order valence-electron chi connectivity index (χ4n) is 8.95. The second-order valence-electron chi connectivity index (χ2n) is 17.6. The van der Waals surface area contributed by atoms with Crippen molar-refractivity contribution in [3.63, 3.8) is 0 Å². The fraction of sp³-hybridized carbons (Fsp3) is 0.449. The first-order valence-corrected chi connectivity index (χ1v) is 23.2. The molecule has 0 unspecified atom stereocenters. The number of halogens is 1. The van der Waals surface area contributed by atoms with Gasteiger partial charge in [-0.15, -0.1) is 0 Å². The van der Waals surface area contributed by atoms with E-state index in [1.165, 1.54) is 31.4 Å². The van der Waals surface area contributed by atoms with Crippen molar-refractivity contribution in [3.05, 3.63) is 91.5 Å². The van der Waals surface area contributed by atoms with E-state index in [4.69, 9.17) is 19.2 Å². The summed E-state index contributed by atoms with van der Waals surface area (Å²) in [4.78, 5) is 108. The van der Waals surface area contributed by atoms with Crippen molar-refractivity contribution in [3.8, 4) is 11.4 Å². The Labute approximate surface area is 401 Å². The first kappa shape index (κ1) is 50.8. The minimum Gasteiger partial charge on any atom is -0.458 e. The molecule has 0 saturated carbocycles. The molecular formula is C49H57FN8O12. The van der Waals surface area contributed by atoms with Crippen molar-refractivity contribution in [1.82, 2.24) is 36.1 Å². The molecule has 4 aromatic rings. The highest BCUT2D eigenvalue weighted by Gasteiger charge is 2.46. The van der Waals surface area contributed by atoms with Crippen molar-refractivity contribution in [2.45, 2.75) is 117 Å². The van der Waals surface area contributed by atoms with E-state index in [2.05, 4.69) is 31.9 Å². The lowest BCUT2D eigenvalue weighted by atomic mass is 9.81. The molecule has 0 fully saturated rings. The van der Waals surface area contributed by atoms with Crippen LogP contribution in [0.5, 0.6) is 0 Å². The molecule has 2 aromatic heterocycles. The van der Waals surface area contributed by atoms with Crippen molar-refractivity contribution in [2.24, 2.45) is 0 Å². The van der Waals surface area contributed by atoms with Gasteiger partial charge < -0.3 is 55.8 Å². The number of rotatable bonds is 19. The molecule has 0 radical (unpaired) electrons. The van der Waals surface area contributed by atoms with Gasteiger partial charge in [0, 0.05) is 41.3 Å². The number of aromatic nitrogens is 2. The molecule has 5 atom stereocenters. The Morgan fingerprint density at radius 3 is 2.27 bits per heavy atom. The third-order valence-corrected chi connectivity index (χ3v) is 12.8. The molecule has 7 rings (SSSR count). The molecule has 1 aliphatic carbocycles. The molecule has 70 heavy (non-hydrogen) atoms. The van der Waals surface area contributed by atoms with E-state index in [0.29, 0.717) is 64.1 Å². The highest BCUT2D eigenvalue weighted by Crippen LogP contribution is 2.46. The zero-order valence-electron chi connectivity index (χ0n) is 39.8. The van der Waals surface area contributed by atoms with Gasteiger partial charge in [0.15, 0.2) is 5.60 Å². The molecule has 20 nitrogen and oxygen atoms in total. The van der Waals surface area contributed by atoms with Gasteiger partial charge in [0.05, 0.1) is 48.1 Å². The minimum atomic E-state index is -2.02. The lowest BCUT2D eigenvalue weighted by Gasteiger charge is -2.31. The SMILES string of the molecule is CCOCCC(=O)N[C@@H](C)C(=O)N[C@H](C)C(=O)N[C@@H](C)C(=O)NCOCC(=O)Nc1ccc(CC(=O)N[C@H]2CCc3c(C)c(F)cc4nc5c(c2c34)Cn2c-5cc3c(c2=O)COC(=O)[C@]3(O)CC)cc1. The van der Waals surface area contributed by atoms with Gasteiger partial charge >= 0.3 is 5.97 Å². The number of esters is 1. The highest BCUT2D eigenvalue weighted by atomic mass is 19.1. The van der Waals surface area contributed by atoms with Gasteiger partial charge in [-0.1, -0.05) is 19.1 Å². The summed E-state index contributed by atoms with van der Waals surface area (Å²) in [6, 6.07) is 6.08. The molecule has 0 spiro atoms. The number of aliphatic hydroxyl groups is 1. The smallest absolute Gasteiger partial charge is 0.343 e. The Hall–Kier alpha value is -7.10. The number of hydrogen-bond donors (Lipinski definition) is 7. The van der Waals surface area contributed by atoms with Crippen LogP contribution < -0.4 is 37.5 Å². The molecule has 0 saturated heterocycles. The van der Waals surface area contributed by atoms with E-state index in [-0.39, 0.29) is 68.7 Å². The predicted octanol–water partition coefficient (Wildman–Crippen LogP) is 1.84. The maximum atomic E-state index is 15.4. The molecule has 3 aliphatic rings. The topological polar surface area (TPSA) is 274 Å². The summed E-state index contributed by atoms with van der Waals surface area (Å²) in [5.41, 5.74) is 2.73. The second-order valence-corrected chi connectivity index (χ2v) is 17.6. The average molecular weight is 969 g/mol. The lowest BCUT2D eigenvalue weighted by molar-refractivity contribution is -0.172. The second kappa shape index (κ2) is 21.3. The number of nitrogens with one attached hydrogen (secondary N) is 6. The Kier molecular flexibility index (Phi) is 15.4. The summed E-state index contributed by atoms with van der Waals surface area (Å²) in [6.07, 6.45) is 0.948. The van der Waals surface area contributed by atoms with E-state index >= 15 is 4.39 Å². The first-order chi connectivity index (χ1) is 33.3. The number of nitrogens with zero attached hydrogens (tertiary/aromatic N) is 2. The van der Waals surface area contributed by atoms with Crippen molar-refractivity contribution >= 4 is 58.0 Å². The molecule has 7 N–H and O–H groups in total. The molecular weight excluding hydrogens is 912 g/mol. The monoisotopic (exact) mass is 968 g/mol. The van der Waals surface area contributed by atoms with Gasteiger partial charge in [-0.3, -0.25) is 33.6 Å². The Morgan fingerprint density at radius 1 is 0.900 bits per heavy atom. The van der Waals surface area contributed by atoms with Gasteiger partial charge in [-0.2, -0.15) is 0 Å². The number of carbonyl (C=O) groups is 7. The maximum absolute atomic E-state index is 15.4. The largest absolute Gasteiger partial charge is 0.458 e. The molecule has 372 valence electrons. The van der Waals surface area contributed by atoms with Gasteiger partial charge in [-0.05, 0) is 94.3 Å². The number of cyclic esters (lactones) is 1. The predicted molar refractivity (Wildman–Crippen MR) is 250 cm³/mol. The van der Waals surface area contributed by atoms with E-state index in [1.807, 2.05) is 0 Å². The van der Waals surface area contributed by atoms with Crippen LogP contribution >= 0.6 is 0 Å². The van der Waals surface area contributed by atoms with Crippen LogP contribution in [0.3, 0.4) is 0 Å². The Bertz CT molecular complexity index is 2830. The van der Waals surface area contributed by atoms with Crippen LogP contribution in [-0.2, 0) is 79.4 Å². The standard InChI is InChI=1S/C49H57FN8O12/c1-7-49(67)33-18-37-43-31(20-58(37)47(65)32(33)21-70-48(49)66)42-35(14-13-30-24(3)34(50)19-36(57-43)41(30)42)56-39(60)17-28-9-11-29(12-10-28)55-40(61)22-69-23-51-44(62)25(4)53-46(64)27(6)54-45(63)26(5)52-38(59)15-16-68-8-2/h9-12,18-19,25-27,35,67H,7-8,13-17,20-23H2,1-6H3,(H,51,62)(H,52,59)(H,53,64)(H,54,63)(H,55,61)(H,56,60)/t25-,26-,27+,35-,49-/m0/s1. The third-order valence-electron chi connectivity index (χ3n) is 12.8. The lowest BCUT2D eigenvalue weighted by Crippen LogP contribution is -2.54. The number of amides is 6. The van der Waals surface area contributed by atoms with Gasteiger partial charge in [0.1, 0.15) is 43.9 Å². The highest BCUT2D eigenvalue weighted by molar-refractivity contribution is 5.96. The van der Waals surface area contributed by atoms with Gasteiger partial charge in [0.25, 0.3) is 5.56 Å². The quantitative estimate of drug-likeness (QED) is 0.0354. The van der Waals surface area contributed by atoms with Crippen LogP contribution in [-0.4, -0.2) is 101 Å². The molecule has 2 aromatic carbocycles. The first-order valence-electron chi connectivity index (χ1n) is 23.2. The van der Waals surface area contributed by atoms with Gasteiger partial charge in [0.2, 0.25) is 35.4 Å². The Morgan fingerprint density at radius 2 is 1.59 bits per heavy atom. The molecule has 2 aliphatic heterocycles. The van der Waals surface area contributed by atoms with Crippen molar-refractivity contribution < 1.29 is 57.3 Å². The third kappa shape index (κ3) is 10.6. The number of anilines is 1. The number of pyridine rings is 2. The van der Waals surface area contributed by atoms with E-state index in [1.54, 1.807) is 51.1 Å². The summed E-state index contributed by atoms with van der Waals surface area (Å²) in [5.74, 6) is -4.33. The summed E-state index contributed by atoms with van der Waals surface area (Å²) >= 11 is 0. The zero-order valence-corrected chi connectivity index (χ0v) is 39.8. The number of ether oxygens (including phenoxy) is 3. The van der Waals surface area contributed by atoms with Crippen LogP contribution in [0.2, 0.25) is 0 Å². The van der Waals surface area contributed by atoms with Crippen LogP contribution in [0.4, 0.5) is 10.1 Å². The molecule has 6 amide bonds. The zero-order chi connectivity index (χ0) is 50.6. The van der Waals surface area contributed by atoms with Crippen LogP contribution in [0.25, 0.3) is 22.3 Å². The summed E-state index contributed by atoms with van der Waals surface area (Å²) < 4.78 is 32.5. The number of benzene rings is 2. The van der Waals surface area contributed by atoms with Crippen LogP contribution in [0.1, 0.15) is 98.9 Å². The summed E-state index contributed by atoms with van der Waals surface area (Å²) in [6.45, 7) is 9.16. The van der Waals surface area contributed by atoms with Gasteiger partial charge in [-0.25, -0.2) is 14.2 Å². The number of hydrogen-bond acceptors (Lipinski definition) is 13. The Balaban J connectivity index is 0.906. The van der Waals surface area contributed by atoms with Crippen LogP contribution in [0.15, 0.2) is 41.2 Å². The molecule has 4 heterocycles. The van der Waals surface area contributed by atoms with E-state index in [0.717, 1.165) is 11.1 Å². The normalized spacial score (nSPS) is 17.7. The maximum Gasteiger partial charge on any atom is 0.343 e. The summed E-state index contributed by atoms with van der Waals surface area (Å²) in [7, 11) is 0. The summed E-state index contributed by atoms with van der Waals surface area (Å²) in [5, 5.41) is 27.9. The van der Waals surface area contributed by atoms with E-state index in [9.17, 15) is 43.5 Å². The number of carbonyl (C=O) groups excluding carboxylic acids is 7. The molecule has 0 bridgehead atoms. The fourth-order valence-corrected chi connectivity index (χ4v) is 8.95. The van der Waals surface area contributed by atoms with Crippen molar-refractivity contribution in [2.75, 3.05) is 31.9 Å². The number of aryl methyl sites for hydroxylation is 1. The van der Waals surface area contributed by atoms with Crippen molar-refractivity contribution in [1.29, 1.82) is 0 Å². The van der Waals surface area contributed by atoms with E-state index < -0.39 is 77.3 Å². The minimum absolute atomic E-state index is 0.0175. The average Bonchev–Trinajstić information content (AvgIpc) is 3.70. The number of fused-ring (bicyclic) bond motifs is 5. The molecule has 21 heteroatoms.